The first-order valence-corrected chi connectivity index (χ1v) is 6.45. The first-order chi connectivity index (χ1) is 8.97. The highest BCUT2D eigenvalue weighted by Crippen LogP contribution is 2.43. The number of carbonyl (C=O) groups excluding carboxylic acids is 4. The third-order valence-electron chi connectivity index (χ3n) is 4.40. The predicted molar refractivity (Wildman–Crippen MR) is 62.7 cm³/mol. The summed E-state index contributed by atoms with van der Waals surface area (Å²) in [7, 11) is 0. The number of rotatable bonds is 1. The van der Waals surface area contributed by atoms with Gasteiger partial charge in [0.2, 0.25) is 0 Å². The number of carbonyl (C=O) groups is 4. The monoisotopic (exact) mass is 262 g/mol. The summed E-state index contributed by atoms with van der Waals surface area (Å²) < 4.78 is 4.67. The minimum Gasteiger partial charge on any atom is -0.392 e. The average molecular weight is 262 g/mol. The van der Waals surface area contributed by atoms with E-state index in [0.29, 0.717) is 6.42 Å². The number of ketones is 2. The Morgan fingerprint density at radius 2 is 1.84 bits per heavy atom. The Bertz CT molecular complexity index is 530. The molecule has 0 aromatic carbocycles. The number of fused-ring (bicyclic) bond motifs is 1. The zero-order valence-corrected chi connectivity index (χ0v) is 10.5. The topological polar surface area (TPSA) is 77.5 Å². The number of hydrogen-bond acceptors (Lipinski definition) is 5. The van der Waals surface area contributed by atoms with Crippen LogP contribution in [0.2, 0.25) is 0 Å². The summed E-state index contributed by atoms with van der Waals surface area (Å²) in [6, 6.07) is 0. The Balaban J connectivity index is 1.89. The van der Waals surface area contributed by atoms with Crippen molar-refractivity contribution < 1.29 is 23.9 Å². The summed E-state index contributed by atoms with van der Waals surface area (Å²) in [5, 5.41) is 0. The van der Waals surface area contributed by atoms with Gasteiger partial charge in [0.25, 0.3) is 0 Å². The van der Waals surface area contributed by atoms with E-state index < -0.39 is 23.8 Å². The zero-order chi connectivity index (χ0) is 13.7. The fourth-order valence-corrected chi connectivity index (χ4v) is 3.50. The van der Waals surface area contributed by atoms with Crippen LogP contribution in [0.25, 0.3) is 0 Å². The van der Waals surface area contributed by atoms with Crippen LogP contribution in [0, 0.1) is 23.7 Å². The molecule has 0 N–H and O–H groups in total. The molecule has 19 heavy (non-hydrogen) atoms. The maximum absolute atomic E-state index is 11.8. The normalized spacial score (nSPS) is 38.3. The van der Waals surface area contributed by atoms with Crippen LogP contribution in [0.1, 0.15) is 26.2 Å². The SMILES string of the molecule is CC1=CC(C2CC(=O)CC2=O)CC2C(=O)OC(=O)C12. The van der Waals surface area contributed by atoms with Gasteiger partial charge in [0.15, 0.2) is 0 Å². The lowest BCUT2D eigenvalue weighted by Gasteiger charge is -2.28. The average Bonchev–Trinajstić information content (AvgIpc) is 2.80. The molecule has 0 aromatic heterocycles. The molecule has 2 fully saturated rings. The smallest absolute Gasteiger partial charge is 0.321 e. The first-order valence-electron chi connectivity index (χ1n) is 6.45. The van der Waals surface area contributed by atoms with Crippen molar-refractivity contribution in [1.29, 1.82) is 0 Å². The van der Waals surface area contributed by atoms with Crippen LogP contribution >= 0.6 is 0 Å². The molecule has 2 aliphatic carbocycles. The van der Waals surface area contributed by atoms with Gasteiger partial charge in [-0.05, 0) is 19.3 Å². The molecule has 1 saturated heterocycles. The van der Waals surface area contributed by atoms with Crippen molar-refractivity contribution in [1.82, 2.24) is 0 Å². The summed E-state index contributed by atoms with van der Waals surface area (Å²) in [5.74, 6) is -2.49. The van der Waals surface area contributed by atoms with Crippen LogP contribution in [0.15, 0.2) is 11.6 Å². The third-order valence-corrected chi connectivity index (χ3v) is 4.40. The van der Waals surface area contributed by atoms with Gasteiger partial charge < -0.3 is 4.74 Å². The highest BCUT2D eigenvalue weighted by Gasteiger charge is 2.50. The molecular formula is C14H14O5. The molecule has 0 radical (unpaired) electrons. The summed E-state index contributed by atoms with van der Waals surface area (Å²) in [6.45, 7) is 1.78. The van der Waals surface area contributed by atoms with Gasteiger partial charge in [0.1, 0.15) is 11.6 Å². The molecule has 5 nitrogen and oxygen atoms in total. The van der Waals surface area contributed by atoms with Gasteiger partial charge in [0, 0.05) is 12.3 Å². The van der Waals surface area contributed by atoms with E-state index in [9.17, 15) is 19.2 Å². The molecule has 3 rings (SSSR count). The van der Waals surface area contributed by atoms with Crippen molar-refractivity contribution in [3.05, 3.63) is 11.6 Å². The van der Waals surface area contributed by atoms with E-state index in [2.05, 4.69) is 4.74 Å². The summed E-state index contributed by atoms with van der Waals surface area (Å²) >= 11 is 0. The fourth-order valence-electron chi connectivity index (χ4n) is 3.50. The number of allylic oxidation sites excluding steroid dienone is 1. The van der Waals surface area contributed by atoms with Gasteiger partial charge in [-0.1, -0.05) is 11.6 Å². The quantitative estimate of drug-likeness (QED) is 0.397. The van der Waals surface area contributed by atoms with Gasteiger partial charge in [-0.15, -0.1) is 0 Å². The van der Waals surface area contributed by atoms with Gasteiger partial charge in [-0.25, -0.2) is 0 Å². The van der Waals surface area contributed by atoms with Crippen LogP contribution in [0.4, 0.5) is 0 Å². The third kappa shape index (κ3) is 1.84. The largest absolute Gasteiger partial charge is 0.392 e. The van der Waals surface area contributed by atoms with Crippen molar-refractivity contribution in [2.24, 2.45) is 23.7 Å². The highest BCUT2D eigenvalue weighted by atomic mass is 16.6. The van der Waals surface area contributed by atoms with E-state index in [4.69, 9.17) is 0 Å². The predicted octanol–water partition coefficient (Wildman–Crippen LogP) is 0.817. The second-order valence-corrected chi connectivity index (χ2v) is 5.63. The van der Waals surface area contributed by atoms with E-state index in [0.717, 1.165) is 5.57 Å². The maximum Gasteiger partial charge on any atom is 0.321 e. The lowest BCUT2D eigenvalue weighted by molar-refractivity contribution is -0.153. The molecule has 0 amide bonds. The Kier molecular flexibility index (Phi) is 2.66. The number of Topliss-reactive ketones (excluding diaryl/α,β-unsaturated/α-hetero) is 2. The van der Waals surface area contributed by atoms with E-state index in [-0.39, 0.29) is 36.2 Å². The fraction of sp³-hybridized carbons (Fsp3) is 0.571. The van der Waals surface area contributed by atoms with E-state index in [1.54, 1.807) is 6.92 Å². The molecule has 100 valence electrons. The molecule has 1 saturated carbocycles. The molecule has 1 heterocycles. The number of ether oxygens (including phenoxy) is 1. The van der Waals surface area contributed by atoms with Crippen molar-refractivity contribution in [3.8, 4) is 0 Å². The lowest BCUT2D eigenvalue weighted by Crippen LogP contribution is -2.30. The second-order valence-electron chi connectivity index (χ2n) is 5.63. The van der Waals surface area contributed by atoms with Crippen LogP contribution in [0.3, 0.4) is 0 Å². The molecule has 5 heteroatoms. The summed E-state index contributed by atoms with van der Waals surface area (Å²) in [6.07, 6.45) is 2.57. The molecule has 4 unspecified atom stereocenters. The first kappa shape index (κ1) is 12.3. The molecule has 3 aliphatic rings. The molecule has 0 bridgehead atoms. The van der Waals surface area contributed by atoms with Crippen molar-refractivity contribution >= 4 is 23.5 Å². The number of cyclic esters (lactones) is 2. The molecule has 4 atom stereocenters. The maximum atomic E-state index is 11.8. The minimum absolute atomic E-state index is 0.00548. The van der Waals surface area contributed by atoms with Crippen molar-refractivity contribution in [2.75, 3.05) is 0 Å². The summed E-state index contributed by atoms with van der Waals surface area (Å²) in [5.41, 5.74) is 0.782. The van der Waals surface area contributed by atoms with E-state index >= 15 is 0 Å². The van der Waals surface area contributed by atoms with Gasteiger partial charge in [-0.3, -0.25) is 19.2 Å². The Labute approximate surface area is 110 Å². The van der Waals surface area contributed by atoms with Crippen molar-refractivity contribution in [3.63, 3.8) is 0 Å². The highest BCUT2D eigenvalue weighted by molar-refractivity contribution is 6.07. The molecule has 1 aliphatic heterocycles. The lowest BCUT2D eigenvalue weighted by atomic mass is 9.71. The second kappa shape index (κ2) is 4.11. The van der Waals surface area contributed by atoms with Crippen LogP contribution < -0.4 is 0 Å². The molecule has 0 aromatic rings. The number of hydrogen-bond donors (Lipinski definition) is 0. The summed E-state index contributed by atoms with van der Waals surface area (Å²) in [4.78, 5) is 46.4. The standard InChI is InChI=1S/C14H14O5/c1-6-2-7(9-4-8(15)5-11(9)16)3-10-12(6)14(18)19-13(10)17/h2,7,9-10,12H,3-5H2,1H3. The molecule has 0 spiro atoms. The minimum atomic E-state index is -0.496. The molecular weight excluding hydrogens is 248 g/mol. The van der Waals surface area contributed by atoms with Gasteiger partial charge >= 0.3 is 11.9 Å². The Morgan fingerprint density at radius 3 is 2.47 bits per heavy atom. The van der Waals surface area contributed by atoms with E-state index in [1.807, 2.05) is 6.08 Å². The van der Waals surface area contributed by atoms with Crippen molar-refractivity contribution in [2.45, 2.75) is 26.2 Å². The van der Waals surface area contributed by atoms with E-state index in [1.165, 1.54) is 0 Å². The van der Waals surface area contributed by atoms with Crippen LogP contribution in [-0.2, 0) is 23.9 Å². The van der Waals surface area contributed by atoms with Gasteiger partial charge in [-0.2, -0.15) is 0 Å². The van der Waals surface area contributed by atoms with Gasteiger partial charge in [0.05, 0.1) is 18.3 Å². The van der Waals surface area contributed by atoms with Crippen LogP contribution in [0.5, 0.6) is 0 Å². The Morgan fingerprint density at radius 1 is 1.11 bits per heavy atom. The van der Waals surface area contributed by atoms with Crippen LogP contribution in [-0.4, -0.2) is 23.5 Å². The zero-order valence-electron chi connectivity index (χ0n) is 10.5. The Hall–Kier alpha value is -1.78. The number of esters is 2.